The number of rotatable bonds is 5. The van der Waals surface area contributed by atoms with E-state index >= 15 is 0 Å². The van der Waals surface area contributed by atoms with Gasteiger partial charge in [-0.25, -0.2) is 4.68 Å². The average Bonchev–Trinajstić information content (AvgIpc) is 2.96. The summed E-state index contributed by atoms with van der Waals surface area (Å²) in [6.07, 6.45) is 0. The van der Waals surface area contributed by atoms with Gasteiger partial charge in [0.05, 0.1) is 13.8 Å². The molecule has 3 rings (SSSR count). The predicted molar refractivity (Wildman–Crippen MR) is 110 cm³/mol. The Kier molecular flexibility index (Phi) is 6.33. The van der Waals surface area contributed by atoms with Gasteiger partial charge in [-0.05, 0) is 37.7 Å². The molecule has 0 amide bonds. The Morgan fingerprint density at radius 1 is 1.46 bits per heavy atom. The van der Waals surface area contributed by atoms with E-state index in [1.54, 1.807) is 11.8 Å². The molecule has 26 heavy (non-hydrogen) atoms. The number of nitrogens with one attached hydrogen (secondary N) is 1. The van der Waals surface area contributed by atoms with Crippen LogP contribution in [0, 0.1) is 17.8 Å². The quantitative estimate of drug-likeness (QED) is 0.597. The van der Waals surface area contributed by atoms with Gasteiger partial charge in [0, 0.05) is 24.5 Å². The number of nitrogens with zero attached hydrogens (tertiary/aromatic N) is 3. The summed E-state index contributed by atoms with van der Waals surface area (Å²) < 4.78 is 7.39. The Morgan fingerprint density at radius 2 is 2.27 bits per heavy atom. The highest BCUT2D eigenvalue weighted by Gasteiger charge is 2.27. The topological polar surface area (TPSA) is 59.4 Å². The second-order valence-electron chi connectivity index (χ2n) is 6.22. The van der Waals surface area contributed by atoms with E-state index in [4.69, 9.17) is 17.0 Å². The van der Waals surface area contributed by atoms with Gasteiger partial charge in [0.15, 0.2) is 3.95 Å². The zero-order valence-electron chi connectivity index (χ0n) is 15.0. The first-order valence-corrected chi connectivity index (χ1v) is 10.6. The van der Waals surface area contributed by atoms with Crippen LogP contribution in [-0.2, 0) is 16.2 Å². The first-order chi connectivity index (χ1) is 12.5. The van der Waals surface area contributed by atoms with Crippen molar-refractivity contribution in [2.24, 2.45) is 0 Å². The Morgan fingerprint density at radius 3 is 3.00 bits per heavy atom. The number of benzene rings is 1. The number of anilines is 2. The summed E-state index contributed by atoms with van der Waals surface area (Å²) in [5.41, 5.74) is 3.44. The first-order valence-electron chi connectivity index (χ1n) is 8.30. The summed E-state index contributed by atoms with van der Waals surface area (Å²) in [4.78, 5) is 14.0. The smallest absolute Gasteiger partial charge is 0.320 e. The van der Waals surface area contributed by atoms with Crippen LogP contribution in [0.4, 0.5) is 10.8 Å². The van der Waals surface area contributed by atoms with Gasteiger partial charge in [-0.15, -0.1) is 16.9 Å². The third kappa shape index (κ3) is 4.64. The number of hydrogen-bond donors (Lipinski definition) is 1. The van der Waals surface area contributed by atoms with Crippen molar-refractivity contribution < 1.29 is 9.53 Å². The maximum Gasteiger partial charge on any atom is 0.320 e. The van der Waals surface area contributed by atoms with Gasteiger partial charge in [0.2, 0.25) is 5.13 Å². The number of thioether (sulfide) groups is 1. The molecular weight excluding hydrogens is 388 g/mol. The maximum absolute atomic E-state index is 11.8. The summed E-state index contributed by atoms with van der Waals surface area (Å²) in [5.74, 6) is 0.726. The first kappa shape index (κ1) is 19.3. The van der Waals surface area contributed by atoms with E-state index in [1.807, 2.05) is 4.68 Å². The molecule has 1 atom stereocenters. The molecule has 1 saturated heterocycles. The van der Waals surface area contributed by atoms with Crippen LogP contribution >= 0.6 is 35.3 Å². The van der Waals surface area contributed by atoms with E-state index in [0.29, 0.717) is 17.2 Å². The highest BCUT2D eigenvalue weighted by Crippen LogP contribution is 2.25. The van der Waals surface area contributed by atoms with Crippen molar-refractivity contribution in [3.8, 4) is 0 Å². The van der Waals surface area contributed by atoms with Crippen LogP contribution in [0.3, 0.4) is 0 Å². The number of hydrogen-bond acceptors (Lipinski definition) is 8. The van der Waals surface area contributed by atoms with Crippen molar-refractivity contribution in [1.29, 1.82) is 0 Å². The summed E-state index contributed by atoms with van der Waals surface area (Å²) >= 11 is 8.57. The molecule has 1 N–H and O–H groups in total. The number of aryl methyl sites for hydroxylation is 2. The summed E-state index contributed by atoms with van der Waals surface area (Å²) in [5, 5.41) is 8.60. The van der Waals surface area contributed by atoms with Gasteiger partial charge in [-0.1, -0.05) is 29.0 Å². The number of carbonyl (C=O) groups excluding carboxylic acids is 1. The summed E-state index contributed by atoms with van der Waals surface area (Å²) in [6, 6.07) is 6.27. The normalized spacial score (nSPS) is 17.9. The molecular formula is C17H22N4O2S3. The molecule has 1 aromatic carbocycles. The largest absolute Gasteiger partial charge is 0.468 e. The van der Waals surface area contributed by atoms with Crippen molar-refractivity contribution in [1.82, 2.24) is 14.7 Å². The van der Waals surface area contributed by atoms with Gasteiger partial charge in [0.25, 0.3) is 0 Å². The van der Waals surface area contributed by atoms with E-state index in [-0.39, 0.29) is 11.2 Å². The minimum Gasteiger partial charge on any atom is -0.468 e. The fourth-order valence-electron chi connectivity index (χ4n) is 2.81. The van der Waals surface area contributed by atoms with Crippen LogP contribution < -0.4 is 5.32 Å². The van der Waals surface area contributed by atoms with Crippen LogP contribution in [0.15, 0.2) is 18.2 Å². The third-order valence-electron chi connectivity index (χ3n) is 4.18. The molecule has 2 heterocycles. The SMILES string of the molecule is COC(=O)[C@H]1CN(Cn2nc(Nc3ccc(C)cc3C)sc2=S)CCS1. The minimum absolute atomic E-state index is 0.144. The number of methoxy groups -OCH3 is 1. The lowest BCUT2D eigenvalue weighted by Gasteiger charge is -2.30. The Balaban J connectivity index is 1.68. The van der Waals surface area contributed by atoms with Crippen molar-refractivity contribution in [3.05, 3.63) is 33.3 Å². The number of carbonyl (C=O) groups is 1. The summed E-state index contributed by atoms with van der Waals surface area (Å²) in [7, 11) is 1.43. The maximum atomic E-state index is 11.8. The lowest BCUT2D eigenvalue weighted by Crippen LogP contribution is -2.42. The standard InChI is InChI=1S/C17H22N4O2S3/c1-11-4-5-13(12(2)8-11)18-16-19-21(17(24)26-16)10-20-6-7-25-14(9-20)15(22)23-3/h4-5,8,14H,6-7,9-10H2,1-3H3,(H,18,19)/t14-/m1/s1. The number of aromatic nitrogens is 2. The zero-order valence-corrected chi connectivity index (χ0v) is 17.5. The number of esters is 1. The molecule has 0 bridgehead atoms. The molecule has 1 aliphatic heterocycles. The molecule has 140 valence electrons. The van der Waals surface area contributed by atoms with Crippen LogP contribution in [0.1, 0.15) is 11.1 Å². The fraction of sp³-hybridized carbons (Fsp3) is 0.471. The monoisotopic (exact) mass is 410 g/mol. The average molecular weight is 411 g/mol. The van der Waals surface area contributed by atoms with Crippen molar-refractivity contribution in [2.75, 3.05) is 31.3 Å². The van der Waals surface area contributed by atoms with E-state index in [1.165, 1.54) is 29.6 Å². The zero-order chi connectivity index (χ0) is 18.7. The van der Waals surface area contributed by atoms with E-state index < -0.39 is 0 Å². The van der Waals surface area contributed by atoms with Crippen molar-refractivity contribution in [2.45, 2.75) is 25.8 Å². The molecule has 2 aromatic rings. The lowest BCUT2D eigenvalue weighted by atomic mass is 10.1. The second-order valence-corrected chi connectivity index (χ2v) is 9.15. The van der Waals surface area contributed by atoms with Crippen LogP contribution in [0.25, 0.3) is 0 Å². The van der Waals surface area contributed by atoms with E-state index in [9.17, 15) is 4.79 Å². The van der Waals surface area contributed by atoms with Gasteiger partial charge < -0.3 is 10.1 Å². The van der Waals surface area contributed by atoms with Gasteiger partial charge in [-0.2, -0.15) is 0 Å². The third-order valence-corrected chi connectivity index (χ3v) is 6.56. The highest BCUT2D eigenvalue weighted by atomic mass is 32.2. The Hall–Kier alpha value is -1.42. The molecule has 1 aliphatic rings. The lowest BCUT2D eigenvalue weighted by molar-refractivity contribution is -0.140. The van der Waals surface area contributed by atoms with Crippen molar-refractivity contribution >= 4 is 52.1 Å². The molecule has 9 heteroatoms. The van der Waals surface area contributed by atoms with Gasteiger partial charge >= 0.3 is 5.97 Å². The highest BCUT2D eigenvalue weighted by molar-refractivity contribution is 8.00. The van der Waals surface area contributed by atoms with Gasteiger partial charge in [0.1, 0.15) is 5.25 Å². The minimum atomic E-state index is -0.168. The molecule has 1 aromatic heterocycles. The predicted octanol–water partition coefficient (Wildman–Crippen LogP) is 3.58. The fourth-order valence-corrected chi connectivity index (χ4v) is 5.01. The van der Waals surface area contributed by atoms with E-state index in [0.717, 1.165) is 23.1 Å². The van der Waals surface area contributed by atoms with Gasteiger partial charge in [-0.3, -0.25) is 9.69 Å². The molecule has 6 nitrogen and oxygen atoms in total. The van der Waals surface area contributed by atoms with Crippen LogP contribution in [0.5, 0.6) is 0 Å². The van der Waals surface area contributed by atoms with Crippen LogP contribution in [0.2, 0.25) is 0 Å². The molecule has 1 fully saturated rings. The number of ether oxygens (including phenoxy) is 1. The molecule has 0 aliphatic carbocycles. The molecule has 0 spiro atoms. The Bertz CT molecular complexity index is 849. The summed E-state index contributed by atoms with van der Waals surface area (Å²) in [6.45, 7) is 6.28. The van der Waals surface area contributed by atoms with Crippen LogP contribution in [-0.4, -0.2) is 51.9 Å². The van der Waals surface area contributed by atoms with Crippen molar-refractivity contribution in [3.63, 3.8) is 0 Å². The second kappa shape index (κ2) is 8.51. The molecule has 0 unspecified atom stereocenters. The van der Waals surface area contributed by atoms with E-state index in [2.05, 4.69) is 47.4 Å². The molecule has 0 radical (unpaired) electrons. The Labute approximate surface area is 166 Å². The molecule has 0 saturated carbocycles.